The van der Waals surface area contributed by atoms with Gasteiger partial charge in [0.1, 0.15) is 11.9 Å². The topological polar surface area (TPSA) is 44.7 Å². The minimum atomic E-state index is 0.151. The molecule has 154 valence electrons. The van der Waals surface area contributed by atoms with E-state index in [1.54, 1.807) is 0 Å². The predicted molar refractivity (Wildman–Crippen MR) is 118 cm³/mol. The second-order valence-electron chi connectivity index (χ2n) is 6.81. The molecule has 0 radical (unpaired) electrons. The highest BCUT2D eigenvalue weighted by Gasteiger charge is 2.30. The third kappa shape index (κ3) is 4.44. The number of nitrogens with zero attached hydrogens (tertiary/aromatic N) is 1. The van der Waals surface area contributed by atoms with Gasteiger partial charge in [-0.2, -0.15) is 0 Å². The van der Waals surface area contributed by atoms with Crippen molar-refractivity contribution in [2.24, 2.45) is 5.92 Å². The van der Waals surface area contributed by atoms with Crippen molar-refractivity contribution in [2.45, 2.75) is 60.5 Å². The van der Waals surface area contributed by atoms with E-state index in [1.165, 1.54) is 5.57 Å². The Labute approximate surface area is 170 Å². The molecule has 1 atom stereocenters. The number of aryl methyl sites for hydroxylation is 1. The Morgan fingerprint density at radius 3 is 2.46 bits per heavy atom. The van der Waals surface area contributed by atoms with Crippen LogP contribution in [0, 0.1) is 12.8 Å². The Bertz CT molecular complexity index is 722. The van der Waals surface area contributed by atoms with E-state index in [-0.39, 0.29) is 6.17 Å². The Balaban J connectivity index is 0.000000660. The van der Waals surface area contributed by atoms with Crippen molar-refractivity contribution in [1.29, 1.82) is 0 Å². The third-order valence-corrected chi connectivity index (χ3v) is 5.10. The zero-order chi connectivity index (χ0) is 20.7. The lowest BCUT2D eigenvalue weighted by Gasteiger charge is -2.33. The lowest BCUT2D eigenvalue weighted by molar-refractivity contribution is -0.0122. The van der Waals surface area contributed by atoms with Gasteiger partial charge in [0, 0.05) is 23.9 Å². The largest absolute Gasteiger partial charge is 0.508 e. The van der Waals surface area contributed by atoms with Crippen molar-refractivity contribution < 1.29 is 9.84 Å². The van der Waals surface area contributed by atoms with Crippen molar-refractivity contribution in [3.8, 4) is 5.75 Å². The molecule has 3 heterocycles. The van der Waals surface area contributed by atoms with Crippen molar-refractivity contribution in [2.75, 3.05) is 13.2 Å². The number of phenolic OH excluding ortho intramolecular Hbond substituents is 1. The molecule has 1 unspecified atom stereocenters. The Hall–Kier alpha value is -2.20. The third-order valence-electron chi connectivity index (χ3n) is 5.10. The zero-order valence-corrected chi connectivity index (χ0v) is 18.2. The summed E-state index contributed by atoms with van der Waals surface area (Å²) in [5, 5.41) is 13.8. The molecule has 0 amide bonds. The maximum atomic E-state index is 10.4. The van der Waals surface area contributed by atoms with E-state index < -0.39 is 0 Å². The molecule has 0 aliphatic carbocycles. The van der Waals surface area contributed by atoms with Crippen molar-refractivity contribution >= 4 is 5.70 Å². The lowest BCUT2D eigenvalue weighted by atomic mass is 9.94. The zero-order valence-electron chi connectivity index (χ0n) is 18.2. The number of nitrogens with one attached hydrogen (secondary N) is 1. The van der Waals surface area contributed by atoms with Crippen LogP contribution >= 0.6 is 0 Å². The predicted octanol–water partition coefficient (Wildman–Crippen LogP) is 5.34. The average molecular weight is 385 g/mol. The molecule has 1 aromatic rings. The van der Waals surface area contributed by atoms with Gasteiger partial charge in [-0.1, -0.05) is 41.0 Å². The molecule has 3 aliphatic rings. The van der Waals surface area contributed by atoms with Crippen molar-refractivity contribution in [3.63, 3.8) is 0 Å². The normalized spacial score (nSPS) is 19.8. The highest BCUT2D eigenvalue weighted by atomic mass is 16.5. The van der Waals surface area contributed by atoms with E-state index in [2.05, 4.69) is 48.5 Å². The fourth-order valence-corrected chi connectivity index (χ4v) is 3.63. The fraction of sp³-hybridized carbons (Fsp3) is 0.500. The SMILES string of the molecule is CC.CC.CCCc1c(C)cc(C2=CNC3C=C(C4COC4)C=CN23)cc1O. The molecule has 1 saturated heterocycles. The molecule has 28 heavy (non-hydrogen) atoms. The first-order valence-electron chi connectivity index (χ1n) is 10.7. The van der Waals surface area contributed by atoms with Crippen LogP contribution in [0.4, 0.5) is 0 Å². The first-order chi connectivity index (χ1) is 13.7. The number of ether oxygens (including phenoxy) is 1. The van der Waals surface area contributed by atoms with E-state index in [4.69, 9.17) is 4.74 Å². The maximum Gasteiger partial charge on any atom is 0.123 e. The molecule has 0 spiro atoms. The van der Waals surface area contributed by atoms with Crippen LogP contribution < -0.4 is 5.32 Å². The van der Waals surface area contributed by atoms with Gasteiger partial charge in [-0.25, -0.2) is 0 Å². The van der Waals surface area contributed by atoms with Gasteiger partial charge in [-0.15, -0.1) is 0 Å². The quantitative estimate of drug-likeness (QED) is 0.736. The molecule has 3 aliphatic heterocycles. The number of fused-ring (bicyclic) bond motifs is 1. The lowest BCUT2D eigenvalue weighted by Crippen LogP contribution is -2.36. The summed E-state index contributed by atoms with van der Waals surface area (Å²) in [6, 6.07) is 4.06. The van der Waals surface area contributed by atoms with Gasteiger partial charge in [0.2, 0.25) is 0 Å². The molecule has 1 fully saturated rings. The second-order valence-corrected chi connectivity index (χ2v) is 6.81. The molecular formula is C24H36N2O2. The van der Waals surface area contributed by atoms with Gasteiger partial charge >= 0.3 is 0 Å². The number of hydrogen-bond donors (Lipinski definition) is 2. The maximum absolute atomic E-state index is 10.4. The Morgan fingerprint density at radius 1 is 1.18 bits per heavy atom. The summed E-state index contributed by atoms with van der Waals surface area (Å²) in [6.07, 6.45) is 10.7. The van der Waals surface area contributed by atoms with Crippen LogP contribution in [0.15, 0.2) is 42.3 Å². The van der Waals surface area contributed by atoms with E-state index in [0.717, 1.165) is 48.4 Å². The summed E-state index contributed by atoms with van der Waals surface area (Å²) in [6.45, 7) is 13.9. The van der Waals surface area contributed by atoms with Gasteiger partial charge in [-0.3, -0.25) is 0 Å². The van der Waals surface area contributed by atoms with Crippen molar-refractivity contribution in [1.82, 2.24) is 10.2 Å². The average Bonchev–Trinajstić information content (AvgIpc) is 3.10. The Morgan fingerprint density at radius 2 is 1.89 bits per heavy atom. The van der Waals surface area contributed by atoms with Crippen molar-refractivity contribution in [3.05, 3.63) is 58.9 Å². The van der Waals surface area contributed by atoms with Crippen LogP contribution in [-0.2, 0) is 11.2 Å². The summed E-state index contributed by atoms with van der Waals surface area (Å²) < 4.78 is 5.30. The fourth-order valence-electron chi connectivity index (χ4n) is 3.63. The number of rotatable bonds is 4. The molecule has 1 aromatic carbocycles. The van der Waals surface area contributed by atoms with Crippen LogP contribution in [0.2, 0.25) is 0 Å². The molecule has 2 N–H and O–H groups in total. The first-order valence-corrected chi connectivity index (χ1v) is 10.7. The molecule has 4 heteroatoms. The van der Waals surface area contributed by atoms with E-state index in [1.807, 2.05) is 40.0 Å². The van der Waals surface area contributed by atoms with Crippen LogP contribution in [0.1, 0.15) is 57.7 Å². The summed E-state index contributed by atoms with van der Waals surface area (Å²) >= 11 is 0. The number of hydrogen-bond acceptors (Lipinski definition) is 4. The standard InChI is InChI=1S/C20H24N2O2.2C2H6/c1-3-4-17-13(2)7-15(8-19(17)23)18-10-21-20-9-14(5-6-22(18)20)16-11-24-12-16;2*1-2/h5-10,16,20-21,23H,3-4,11-12H2,1-2H3;2*1-2H3. The molecule has 4 nitrogen and oxygen atoms in total. The molecule has 0 aromatic heterocycles. The van der Waals surface area contributed by atoms with E-state index in [0.29, 0.717) is 11.7 Å². The number of allylic oxidation sites excluding steroid dienone is 1. The van der Waals surface area contributed by atoms with Gasteiger partial charge in [-0.05, 0) is 54.3 Å². The second kappa shape index (κ2) is 10.4. The van der Waals surface area contributed by atoms with Crippen LogP contribution in [0.25, 0.3) is 5.70 Å². The summed E-state index contributed by atoms with van der Waals surface area (Å²) in [7, 11) is 0. The number of phenols is 1. The minimum Gasteiger partial charge on any atom is -0.508 e. The smallest absolute Gasteiger partial charge is 0.123 e. The van der Waals surface area contributed by atoms with Crippen LogP contribution in [-0.4, -0.2) is 29.4 Å². The number of benzene rings is 1. The molecular weight excluding hydrogens is 348 g/mol. The summed E-state index contributed by atoms with van der Waals surface area (Å²) in [5.41, 5.74) is 5.71. The minimum absolute atomic E-state index is 0.151. The van der Waals surface area contributed by atoms with Crippen LogP contribution in [0.3, 0.4) is 0 Å². The molecule has 0 saturated carbocycles. The molecule has 4 rings (SSSR count). The highest BCUT2D eigenvalue weighted by molar-refractivity contribution is 5.70. The summed E-state index contributed by atoms with van der Waals surface area (Å²) in [5.74, 6) is 0.939. The van der Waals surface area contributed by atoms with Gasteiger partial charge < -0.3 is 20.1 Å². The summed E-state index contributed by atoms with van der Waals surface area (Å²) in [4.78, 5) is 2.22. The first kappa shape index (κ1) is 22.1. The number of aromatic hydroxyl groups is 1. The van der Waals surface area contributed by atoms with E-state index in [9.17, 15) is 5.11 Å². The van der Waals surface area contributed by atoms with Gasteiger partial charge in [0.25, 0.3) is 0 Å². The van der Waals surface area contributed by atoms with E-state index >= 15 is 0 Å². The Kier molecular flexibility index (Phi) is 8.18. The monoisotopic (exact) mass is 384 g/mol. The highest BCUT2D eigenvalue weighted by Crippen LogP contribution is 2.35. The van der Waals surface area contributed by atoms with Crippen LogP contribution in [0.5, 0.6) is 5.75 Å². The van der Waals surface area contributed by atoms with Gasteiger partial charge in [0.15, 0.2) is 0 Å². The molecule has 0 bridgehead atoms. The van der Waals surface area contributed by atoms with Gasteiger partial charge in [0.05, 0.1) is 18.9 Å².